The minimum Gasteiger partial charge on any atom is -0.481 e. The highest BCUT2D eigenvalue weighted by molar-refractivity contribution is 5.78. The average molecular weight is 230 g/mol. The number of carbonyl (C=O) groups excluding carboxylic acids is 1. The first-order valence-corrected chi connectivity index (χ1v) is 6.34. The summed E-state index contributed by atoms with van der Waals surface area (Å²) >= 11 is 0. The van der Waals surface area contributed by atoms with Crippen LogP contribution in [0.5, 0.6) is 0 Å². The third-order valence-electron chi connectivity index (χ3n) is 2.65. The van der Waals surface area contributed by atoms with Crippen molar-refractivity contribution in [3.63, 3.8) is 0 Å². The van der Waals surface area contributed by atoms with Gasteiger partial charge >= 0.3 is 5.97 Å². The predicted molar refractivity (Wildman–Crippen MR) is 66.5 cm³/mol. The van der Waals surface area contributed by atoms with Crippen molar-refractivity contribution in [3.8, 4) is 0 Å². The molecule has 0 saturated heterocycles. The summed E-state index contributed by atoms with van der Waals surface area (Å²) < 4.78 is 0. The fourth-order valence-corrected chi connectivity index (χ4v) is 1.75. The van der Waals surface area contributed by atoms with Crippen molar-refractivity contribution in [3.05, 3.63) is 0 Å². The zero-order valence-electron chi connectivity index (χ0n) is 11.2. The van der Waals surface area contributed by atoms with Crippen LogP contribution in [-0.4, -0.2) is 16.9 Å². The van der Waals surface area contributed by atoms with E-state index in [0.717, 1.165) is 12.8 Å². The number of carboxylic acid groups (broad SMARTS) is 1. The predicted octanol–water partition coefficient (Wildman–Crippen LogP) is 3.52. The molecule has 0 spiro atoms. The largest absolute Gasteiger partial charge is 0.481 e. The van der Waals surface area contributed by atoms with Crippen LogP contribution in [0.15, 0.2) is 0 Å². The maximum absolute atomic E-state index is 10.9. The lowest BCUT2D eigenvalue weighted by atomic mass is 9.80. The number of rotatable bonds is 2. The highest BCUT2D eigenvalue weighted by Crippen LogP contribution is 2.29. The van der Waals surface area contributed by atoms with Gasteiger partial charge in [-0.2, -0.15) is 0 Å². The summed E-state index contributed by atoms with van der Waals surface area (Å²) in [6.07, 6.45) is 2.84. The summed E-state index contributed by atoms with van der Waals surface area (Å²) in [7, 11) is 0. The van der Waals surface area contributed by atoms with Gasteiger partial charge in [0.05, 0.1) is 5.92 Å². The molecule has 16 heavy (non-hydrogen) atoms. The summed E-state index contributed by atoms with van der Waals surface area (Å²) in [5.74, 6) is -0.586. The van der Waals surface area contributed by atoms with Gasteiger partial charge in [0.1, 0.15) is 5.78 Å². The topological polar surface area (TPSA) is 54.4 Å². The third kappa shape index (κ3) is 6.59. The summed E-state index contributed by atoms with van der Waals surface area (Å²) in [6, 6.07) is 0. The van der Waals surface area contributed by atoms with Gasteiger partial charge in [0, 0.05) is 5.92 Å². The van der Waals surface area contributed by atoms with Gasteiger partial charge in [-0.3, -0.25) is 9.59 Å². The van der Waals surface area contributed by atoms with Crippen LogP contribution in [0.3, 0.4) is 0 Å². The number of ketones is 1. The van der Waals surface area contributed by atoms with Crippen LogP contribution in [0, 0.1) is 11.8 Å². The van der Waals surface area contributed by atoms with Crippen LogP contribution < -0.4 is 0 Å². The highest BCUT2D eigenvalue weighted by atomic mass is 16.4. The zero-order valence-corrected chi connectivity index (χ0v) is 11.2. The maximum Gasteiger partial charge on any atom is 0.306 e. The van der Waals surface area contributed by atoms with Crippen molar-refractivity contribution in [1.29, 1.82) is 0 Å². The summed E-state index contributed by atoms with van der Waals surface area (Å²) in [5, 5.41) is 8.68. The first-order chi connectivity index (χ1) is 7.61. The molecular weight excluding hydrogens is 204 g/mol. The molecule has 1 fully saturated rings. The summed E-state index contributed by atoms with van der Waals surface area (Å²) in [5.41, 5.74) is 0. The molecule has 96 valence electrons. The molecule has 3 nitrogen and oxygen atoms in total. The van der Waals surface area contributed by atoms with Gasteiger partial charge in [0.25, 0.3) is 0 Å². The Morgan fingerprint density at radius 1 is 0.875 bits per heavy atom. The van der Waals surface area contributed by atoms with Crippen LogP contribution in [0.4, 0.5) is 0 Å². The Morgan fingerprint density at radius 3 is 1.44 bits per heavy atom. The number of carboxylic acids is 1. The minimum absolute atomic E-state index is 0.126. The molecular formula is C13H26O3. The van der Waals surface area contributed by atoms with Gasteiger partial charge in [0.2, 0.25) is 0 Å². The number of aliphatic carboxylic acids is 1. The standard InChI is InChI=1S/C9H14O3.2C2H6/c1-6(10)7-2-4-8(5-3-7)9(11)12;2*1-2/h7-8H,2-5H2,1H3,(H,11,12);2*1-2H3. The molecule has 1 N–H and O–H groups in total. The van der Waals surface area contributed by atoms with E-state index >= 15 is 0 Å². The van der Waals surface area contributed by atoms with E-state index in [1.54, 1.807) is 6.92 Å². The van der Waals surface area contributed by atoms with E-state index in [1.807, 2.05) is 27.7 Å². The maximum atomic E-state index is 10.9. The molecule has 1 rings (SSSR count). The van der Waals surface area contributed by atoms with Crippen molar-refractivity contribution >= 4 is 11.8 Å². The number of Topliss-reactive ketones (excluding diaryl/α,β-unsaturated/α-hetero) is 1. The first-order valence-electron chi connectivity index (χ1n) is 6.34. The van der Waals surface area contributed by atoms with Gasteiger partial charge in [-0.15, -0.1) is 0 Å². The van der Waals surface area contributed by atoms with E-state index in [2.05, 4.69) is 0 Å². The molecule has 0 aromatic carbocycles. The second-order valence-electron chi connectivity index (χ2n) is 3.50. The number of carbonyl (C=O) groups is 2. The van der Waals surface area contributed by atoms with Gasteiger partial charge in [-0.1, -0.05) is 27.7 Å². The molecule has 0 atom stereocenters. The molecule has 0 bridgehead atoms. The van der Waals surface area contributed by atoms with Crippen LogP contribution >= 0.6 is 0 Å². The summed E-state index contributed by atoms with van der Waals surface area (Å²) in [6.45, 7) is 9.59. The van der Waals surface area contributed by atoms with Gasteiger partial charge in [0.15, 0.2) is 0 Å². The Morgan fingerprint density at radius 2 is 1.19 bits per heavy atom. The lowest BCUT2D eigenvalue weighted by molar-refractivity contribution is -0.143. The Balaban J connectivity index is 0. The fraction of sp³-hybridized carbons (Fsp3) is 0.846. The molecule has 0 heterocycles. The van der Waals surface area contributed by atoms with E-state index in [9.17, 15) is 9.59 Å². The van der Waals surface area contributed by atoms with Crippen LogP contribution in [0.1, 0.15) is 60.3 Å². The normalized spacial score (nSPS) is 23.1. The fourth-order valence-electron chi connectivity index (χ4n) is 1.75. The average Bonchev–Trinajstić information content (AvgIpc) is 2.34. The van der Waals surface area contributed by atoms with Gasteiger partial charge in [-0.25, -0.2) is 0 Å². The van der Waals surface area contributed by atoms with Crippen molar-refractivity contribution in [2.45, 2.75) is 60.3 Å². The number of hydrogen-bond donors (Lipinski definition) is 1. The Labute approximate surface area is 99.2 Å². The molecule has 0 aromatic heterocycles. The molecule has 3 heteroatoms. The minimum atomic E-state index is -0.711. The monoisotopic (exact) mass is 230 g/mol. The van der Waals surface area contributed by atoms with Crippen LogP contribution in [-0.2, 0) is 9.59 Å². The molecule has 0 radical (unpaired) electrons. The van der Waals surface area contributed by atoms with Gasteiger partial charge < -0.3 is 5.11 Å². The molecule has 1 saturated carbocycles. The van der Waals surface area contributed by atoms with Crippen molar-refractivity contribution < 1.29 is 14.7 Å². The van der Waals surface area contributed by atoms with E-state index in [4.69, 9.17) is 5.11 Å². The molecule has 0 unspecified atom stereocenters. The van der Waals surface area contributed by atoms with Crippen LogP contribution in [0.2, 0.25) is 0 Å². The van der Waals surface area contributed by atoms with E-state index in [-0.39, 0.29) is 17.6 Å². The third-order valence-corrected chi connectivity index (χ3v) is 2.65. The quantitative estimate of drug-likeness (QED) is 0.789. The van der Waals surface area contributed by atoms with Crippen molar-refractivity contribution in [2.75, 3.05) is 0 Å². The van der Waals surface area contributed by atoms with E-state index < -0.39 is 5.97 Å². The molecule has 0 aliphatic heterocycles. The van der Waals surface area contributed by atoms with Crippen molar-refractivity contribution in [2.24, 2.45) is 11.8 Å². The molecule has 1 aliphatic carbocycles. The number of hydrogen-bond acceptors (Lipinski definition) is 2. The van der Waals surface area contributed by atoms with Gasteiger partial charge in [-0.05, 0) is 32.6 Å². The van der Waals surface area contributed by atoms with E-state index in [0.29, 0.717) is 12.8 Å². The lowest BCUT2D eigenvalue weighted by Crippen LogP contribution is -2.24. The Bertz CT molecular complexity index is 169. The molecule has 1 aliphatic rings. The summed E-state index contributed by atoms with van der Waals surface area (Å²) in [4.78, 5) is 21.5. The second kappa shape index (κ2) is 10.7. The SMILES string of the molecule is CC.CC.CC(=O)C1CCC(C(=O)O)CC1. The zero-order chi connectivity index (χ0) is 13.1. The van der Waals surface area contributed by atoms with Crippen LogP contribution in [0.25, 0.3) is 0 Å². The highest BCUT2D eigenvalue weighted by Gasteiger charge is 2.27. The van der Waals surface area contributed by atoms with Crippen molar-refractivity contribution in [1.82, 2.24) is 0 Å². The van der Waals surface area contributed by atoms with E-state index in [1.165, 1.54) is 0 Å². The smallest absolute Gasteiger partial charge is 0.306 e. The molecule has 0 amide bonds. The lowest BCUT2D eigenvalue weighted by Gasteiger charge is -2.23. The second-order valence-corrected chi connectivity index (χ2v) is 3.50. The molecule has 0 aromatic rings. The first kappa shape index (κ1) is 17.5. The Hall–Kier alpha value is -0.860. The Kier molecular flexibility index (Phi) is 11.7.